The molecule has 0 spiro atoms. The zero-order valence-electron chi connectivity index (χ0n) is 26.2. The number of benzene rings is 2. The van der Waals surface area contributed by atoms with Crippen LogP contribution in [0.5, 0.6) is 0 Å². The van der Waals surface area contributed by atoms with E-state index in [1.165, 1.54) is 12.8 Å². The fourth-order valence-corrected chi connectivity index (χ4v) is 5.80. The Morgan fingerprint density at radius 3 is 2.10 bits per heavy atom. The molecule has 2 aromatic rings. The molecule has 1 heterocycles. The standard InChI is InChI=1S/C34H53N5O2/c1-6-38(25-31(40)36-32-26(2)15-13-16-27(32)3)24-21-35-20-10-8-12-23-39-22-11-7-9-19-30(39)34(41)37-33-28(4)17-14-18-29(33)5/h13-18,30,35H,6-12,19-25H2,1-5H3,(H,36,40)(H,37,41). The van der Waals surface area contributed by atoms with Crippen LogP contribution in [-0.2, 0) is 9.59 Å². The molecule has 0 aliphatic carbocycles. The highest BCUT2D eigenvalue weighted by molar-refractivity contribution is 5.96. The van der Waals surface area contributed by atoms with Crippen LogP contribution in [0.1, 0.15) is 74.1 Å². The van der Waals surface area contributed by atoms with Crippen LogP contribution in [0.25, 0.3) is 0 Å². The quantitative estimate of drug-likeness (QED) is 0.238. The van der Waals surface area contributed by atoms with E-state index in [0.717, 1.165) is 105 Å². The summed E-state index contributed by atoms with van der Waals surface area (Å²) in [4.78, 5) is 30.5. The topological polar surface area (TPSA) is 76.7 Å². The van der Waals surface area contributed by atoms with Gasteiger partial charge in [0.1, 0.15) is 0 Å². The van der Waals surface area contributed by atoms with Crippen molar-refractivity contribution in [1.82, 2.24) is 15.1 Å². The number of hydrogen-bond donors (Lipinski definition) is 3. The van der Waals surface area contributed by atoms with E-state index in [-0.39, 0.29) is 17.9 Å². The van der Waals surface area contributed by atoms with Gasteiger partial charge in [-0.3, -0.25) is 19.4 Å². The highest BCUT2D eigenvalue weighted by atomic mass is 16.2. The third-order valence-corrected chi connectivity index (χ3v) is 8.36. The molecular weight excluding hydrogens is 510 g/mol. The first kappa shape index (κ1) is 32.8. The number of carbonyl (C=O) groups is 2. The summed E-state index contributed by atoms with van der Waals surface area (Å²) in [6, 6.07) is 12.2. The molecular formula is C34H53N5O2. The van der Waals surface area contributed by atoms with Gasteiger partial charge >= 0.3 is 0 Å². The molecule has 1 saturated heterocycles. The summed E-state index contributed by atoms with van der Waals surface area (Å²) in [5.74, 6) is 0.188. The molecule has 226 valence electrons. The minimum atomic E-state index is -0.0402. The summed E-state index contributed by atoms with van der Waals surface area (Å²) in [5.41, 5.74) is 6.32. The summed E-state index contributed by atoms with van der Waals surface area (Å²) in [6.45, 7) is 16.2. The number of amides is 2. The van der Waals surface area contributed by atoms with Crippen LogP contribution >= 0.6 is 0 Å². The smallest absolute Gasteiger partial charge is 0.241 e. The number of likely N-dealkylation sites (N-methyl/N-ethyl adjacent to an activating group) is 1. The monoisotopic (exact) mass is 563 g/mol. The van der Waals surface area contributed by atoms with Gasteiger partial charge in [-0.05, 0) is 102 Å². The van der Waals surface area contributed by atoms with E-state index in [1.807, 2.05) is 38.1 Å². The van der Waals surface area contributed by atoms with Crippen LogP contribution in [0.4, 0.5) is 11.4 Å². The zero-order chi connectivity index (χ0) is 29.6. The van der Waals surface area contributed by atoms with Crippen molar-refractivity contribution in [2.24, 2.45) is 0 Å². The lowest BCUT2D eigenvalue weighted by molar-refractivity contribution is -0.121. The minimum Gasteiger partial charge on any atom is -0.324 e. The third kappa shape index (κ3) is 10.6. The summed E-state index contributed by atoms with van der Waals surface area (Å²) in [6.07, 6.45) is 7.80. The molecule has 0 saturated carbocycles. The normalized spacial score (nSPS) is 16.0. The average Bonchev–Trinajstić information content (AvgIpc) is 3.19. The number of aryl methyl sites for hydroxylation is 4. The summed E-state index contributed by atoms with van der Waals surface area (Å²) < 4.78 is 0. The molecule has 1 fully saturated rings. The first-order chi connectivity index (χ1) is 19.8. The van der Waals surface area contributed by atoms with Crippen molar-refractivity contribution < 1.29 is 9.59 Å². The lowest BCUT2D eigenvalue weighted by Gasteiger charge is -2.29. The summed E-state index contributed by atoms with van der Waals surface area (Å²) in [5, 5.41) is 9.90. The number of anilines is 2. The van der Waals surface area contributed by atoms with Crippen LogP contribution in [0, 0.1) is 27.7 Å². The number of nitrogens with one attached hydrogen (secondary N) is 3. The maximum Gasteiger partial charge on any atom is 0.241 e. The van der Waals surface area contributed by atoms with Crippen molar-refractivity contribution in [3.63, 3.8) is 0 Å². The predicted octanol–water partition coefficient (Wildman–Crippen LogP) is 5.82. The molecule has 41 heavy (non-hydrogen) atoms. The molecule has 7 nitrogen and oxygen atoms in total. The summed E-state index contributed by atoms with van der Waals surface area (Å²) >= 11 is 0. The molecule has 3 N–H and O–H groups in total. The largest absolute Gasteiger partial charge is 0.324 e. The number of unbranched alkanes of at least 4 members (excludes halogenated alkanes) is 2. The fraction of sp³-hybridized carbons (Fsp3) is 0.588. The first-order valence-corrected chi connectivity index (χ1v) is 15.7. The Kier molecular flexibility index (Phi) is 13.8. The van der Waals surface area contributed by atoms with Crippen LogP contribution in [0.15, 0.2) is 36.4 Å². The van der Waals surface area contributed by atoms with E-state index in [4.69, 9.17) is 0 Å². The Labute approximate surface area is 248 Å². The van der Waals surface area contributed by atoms with Gasteiger partial charge in [-0.15, -0.1) is 0 Å². The molecule has 7 heteroatoms. The molecule has 0 radical (unpaired) electrons. The van der Waals surface area contributed by atoms with Gasteiger partial charge in [-0.2, -0.15) is 0 Å². The van der Waals surface area contributed by atoms with E-state index < -0.39 is 0 Å². The van der Waals surface area contributed by atoms with E-state index in [0.29, 0.717) is 6.54 Å². The third-order valence-electron chi connectivity index (χ3n) is 8.36. The van der Waals surface area contributed by atoms with Gasteiger partial charge in [-0.25, -0.2) is 0 Å². The lowest BCUT2D eigenvalue weighted by Crippen LogP contribution is -2.44. The highest BCUT2D eigenvalue weighted by Crippen LogP contribution is 2.23. The van der Waals surface area contributed by atoms with Crippen LogP contribution in [-0.4, -0.2) is 73.5 Å². The number of nitrogens with zero attached hydrogens (tertiary/aromatic N) is 2. The number of carbonyl (C=O) groups excluding carboxylic acids is 2. The highest BCUT2D eigenvalue weighted by Gasteiger charge is 2.27. The molecule has 2 aromatic carbocycles. The Morgan fingerprint density at radius 2 is 1.46 bits per heavy atom. The van der Waals surface area contributed by atoms with Crippen molar-refractivity contribution in [3.8, 4) is 0 Å². The van der Waals surface area contributed by atoms with Gasteiger partial charge in [0.15, 0.2) is 0 Å². The first-order valence-electron chi connectivity index (χ1n) is 15.7. The van der Waals surface area contributed by atoms with E-state index in [9.17, 15) is 9.59 Å². The molecule has 1 aliphatic heterocycles. The SMILES string of the molecule is CCN(CCNCCCCCN1CCCCCC1C(=O)Nc1c(C)cccc1C)CC(=O)Nc1c(C)cccc1C. The predicted molar refractivity (Wildman–Crippen MR) is 172 cm³/mol. The van der Waals surface area contributed by atoms with Crippen molar-refractivity contribution >= 4 is 23.2 Å². The van der Waals surface area contributed by atoms with Crippen LogP contribution in [0.3, 0.4) is 0 Å². The number of rotatable bonds is 15. The van der Waals surface area contributed by atoms with Crippen molar-refractivity contribution in [2.75, 3.05) is 56.4 Å². The Bertz CT molecular complexity index is 1080. The number of hydrogen-bond acceptors (Lipinski definition) is 5. The average molecular weight is 564 g/mol. The fourth-order valence-electron chi connectivity index (χ4n) is 5.80. The van der Waals surface area contributed by atoms with E-state index >= 15 is 0 Å². The maximum atomic E-state index is 13.3. The van der Waals surface area contributed by atoms with E-state index in [1.54, 1.807) is 0 Å². The van der Waals surface area contributed by atoms with Gasteiger partial charge in [0.05, 0.1) is 12.6 Å². The molecule has 0 bridgehead atoms. The molecule has 1 unspecified atom stereocenters. The van der Waals surface area contributed by atoms with Crippen LogP contribution < -0.4 is 16.0 Å². The number of likely N-dealkylation sites (tertiary alicyclic amines) is 1. The molecule has 1 aliphatic rings. The second-order valence-electron chi connectivity index (χ2n) is 11.7. The molecule has 2 amide bonds. The Balaban J connectivity index is 1.33. The zero-order valence-corrected chi connectivity index (χ0v) is 26.2. The van der Waals surface area contributed by atoms with Gasteiger partial charge < -0.3 is 16.0 Å². The van der Waals surface area contributed by atoms with Gasteiger partial charge in [0.25, 0.3) is 0 Å². The number of para-hydroxylation sites is 2. The van der Waals surface area contributed by atoms with Crippen LogP contribution in [0.2, 0.25) is 0 Å². The molecule has 1 atom stereocenters. The van der Waals surface area contributed by atoms with Crippen molar-refractivity contribution in [3.05, 3.63) is 58.7 Å². The van der Waals surface area contributed by atoms with Gasteiger partial charge in [0, 0.05) is 24.5 Å². The maximum absolute atomic E-state index is 13.3. The molecule has 3 rings (SSSR count). The van der Waals surface area contributed by atoms with Gasteiger partial charge in [0.2, 0.25) is 11.8 Å². The summed E-state index contributed by atoms with van der Waals surface area (Å²) in [7, 11) is 0. The van der Waals surface area contributed by atoms with Crippen molar-refractivity contribution in [1.29, 1.82) is 0 Å². The van der Waals surface area contributed by atoms with Crippen molar-refractivity contribution in [2.45, 2.75) is 85.6 Å². The van der Waals surface area contributed by atoms with E-state index in [2.05, 4.69) is 58.7 Å². The second kappa shape index (κ2) is 17.3. The molecule has 0 aromatic heterocycles. The Hall–Kier alpha value is -2.74. The van der Waals surface area contributed by atoms with Gasteiger partial charge in [-0.1, -0.05) is 62.6 Å². The Morgan fingerprint density at radius 1 is 0.829 bits per heavy atom. The minimum absolute atomic E-state index is 0.0402. The second-order valence-corrected chi connectivity index (χ2v) is 11.7. The lowest BCUT2D eigenvalue weighted by atomic mass is 10.1.